The average molecular weight is 206 g/mol. The Morgan fingerprint density at radius 2 is 1.38 bits per heavy atom. The van der Waals surface area contributed by atoms with Gasteiger partial charge in [0.05, 0.1) is 35.9 Å². The lowest BCUT2D eigenvalue weighted by atomic mass is 9.92. The van der Waals surface area contributed by atoms with Crippen LogP contribution in [0.15, 0.2) is 0 Å². The van der Waals surface area contributed by atoms with Crippen LogP contribution in [0, 0.1) is 54.4 Å². The minimum absolute atomic E-state index is 0.0616. The van der Waals surface area contributed by atoms with Crippen molar-refractivity contribution in [2.24, 2.45) is 0 Å². The lowest BCUT2D eigenvalue weighted by Gasteiger charge is -2.08. The average Bonchev–Trinajstić information content (AvgIpc) is 2.29. The fourth-order valence-corrected chi connectivity index (χ4v) is 1.57. The molecule has 0 saturated carbocycles. The van der Waals surface area contributed by atoms with Gasteiger partial charge in [0.1, 0.15) is 0 Å². The Hall–Kier alpha value is -2.82. The van der Waals surface area contributed by atoms with Crippen LogP contribution in [-0.4, -0.2) is 0 Å². The van der Waals surface area contributed by atoms with Crippen molar-refractivity contribution in [3.05, 3.63) is 39.2 Å². The van der Waals surface area contributed by atoms with Crippen LogP contribution >= 0.6 is 0 Å². The molecule has 0 radical (unpaired) electrons. The molecule has 0 amide bonds. The molecule has 16 heavy (non-hydrogen) atoms. The maximum Gasteiger partial charge on any atom is 0.210 e. The third-order valence-corrected chi connectivity index (χ3v) is 2.41. The number of benzene rings is 1. The molecule has 0 aliphatic carbocycles. The van der Waals surface area contributed by atoms with Crippen LogP contribution in [0.2, 0.25) is 0 Å². The summed E-state index contributed by atoms with van der Waals surface area (Å²) < 4.78 is 0. The van der Waals surface area contributed by atoms with Crippen molar-refractivity contribution < 1.29 is 0 Å². The molecule has 0 aromatic heterocycles. The first-order valence-corrected chi connectivity index (χ1v) is 4.37. The van der Waals surface area contributed by atoms with Gasteiger partial charge in [0.2, 0.25) is 5.69 Å². The Labute approximate surface area is 93.4 Å². The first-order chi connectivity index (χ1) is 7.62. The predicted octanol–water partition coefficient (Wildman–Crippen LogP) is 2.47. The van der Waals surface area contributed by atoms with E-state index in [4.69, 9.17) is 22.4 Å². The smallest absolute Gasteiger partial charge is 0.210 e. The molecule has 0 spiro atoms. The highest BCUT2D eigenvalue weighted by Crippen LogP contribution is 2.32. The van der Waals surface area contributed by atoms with Crippen molar-refractivity contribution in [2.75, 3.05) is 0 Å². The third-order valence-electron chi connectivity index (χ3n) is 2.41. The van der Waals surface area contributed by atoms with Crippen LogP contribution in [0.5, 0.6) is 0 Å². The van der Waals surface area contributed by atoms with E-state index in [1.54, 1.807) is 13.8 Å². The quantitative estimate of drug-likeness (QED) is 0.612. The maximum absolute atomic E-state index is 8.96. The molecule has 0 fully saturated rings. The minimum atomic E-state index is 0.0616. The van der Waals surface area contributed by atoms with Crippen molar-refractivity contribution in [3.63, 3.8) is 0 Å². The summed E-state index contributed by atoms with van der Waals surface area (Å²) in [5, 5.41) is 26.9. The van der Waals surface area contributed by atoms with E-state index in [0.29, 0.717) is 16.7 Å². The van der Waals surface area contributed by atoms with E-state index >= 15 is 0 Å². The Kier molecular flexibility index (Phi) is 2.91. The van der Waals surface area contributed by atoms with Gasteiger partial charge in [-0.2, -0.15) is 15.8 Å². The summed E-state index contributed by atoms with van der Waals surface area (Å²) in [6.07, 6.45) is 0. The standard InChI is InChI=1S/C12H6N4/c1-7-9(4-13)8(2)12(16-3)11(6-15)10(7)5-14/h1-2H3. The zero-order chi connectivity index (χ0) is 12.3. The molecule has 1 aromatic carbocycles. The van der Waals surface area contributed by atoms with Crippen LogP contribution in [0.4, 0.5) is 5.69 Å². The summed E-state index contributed by atoms with van der Waals surface area (Å²) in [5.41, 5.74) is 1.52. The Morgan fingerprint density at radius 1 is 0.875 bits per heavy atom. The fraction of sp³-hybridized carbons (Fsp3) is 0.167. The van der Waals surface area contributed by atoms with Crippen LogP contribution in [0.1, 0.15) is 27.8 Å². The van der Waals surface area contributed by atoms with E-state index < -0.39 is 0 Å². The Bertz CT molecular complexity index is 586. The molecule has 1 aromatic rings. The number of nitriles is 3. The van der Waals surface area contributed by atoms with E-state index in [0.717, 1.165) is 0 Å². The molecule has 0 atom stereocenters. The fourth-order valence-electron chi connectivity index (χ4n) is 1.57. The van der Waals surface area contributed by atoms with Gasteiger partial charge in [-0.1, -0.05) is 0 Å². The first kappa shape index (κ1) is 11.3. The molecule has 0 unspecified atom stereocenters. The van der Waals surface area contributed by atoms with E-state index in [1.165, 1.54) is 0 Å². The number of hydrogen-bond donors (Lipinski definition) is 0. The van der Waals surface area contributed by atoms with Crippen molar-refractivity contribution in [3.8, 4) is 18.2 Å². The third kappa shape index (κ3) is 1.36. The Balaban J connectivity index is 3.99. The molecule has 0 aliphatic heterocycles. The molecule has 1 rings (SSSR count). The first-order valence-electron chi connectivity index (χ1n) is 4.37. The van der Waals surface area contributed by atoms with Crippen molar-refractivity contribution >= 4 is 5.69 Å². The van der Waals surface area contributed by atoms with Gasteiger partial charge in [-0.3, -0.25) is 0 Å². The van der Waals surface area contributed by atoms with Gasteiger partial charge < -0.3 is 0 Å². The van der Waals surface area contributed by atoms with Gasteiger partial charge in [0.25, 0.3) is 0 Å². The van der Waals surface area contributed by atoms with Crippen LogP contribution < -0.4 is 0 Å². The summed E-state index contributed by atoms with van der Waals surface area (Å²) in [6, 6.07) is 5.69. The molecule has 4 heteroatoms. The molecular formula is C12H6N4. The zero-order valence-electron chi connectivity index (χ0n) is 8.79. The Morgan fingerprint density at radius 3 is 1.75 bits per heavy atom. The summed E-state index contributed by atoms with van der Waals surface area (Å²) in [5.74, 6) is 0. The van der Waals surface area contributed by atoms with E-state index in [2.05, 4.69) is 4.85 Å². The van der Waals surface area contributed by atoms with Gasteiger partial charge in [0, 0.05) is 5.56 Å². The van der Waals surface area contributed by atoms with Crippen LogP contribution in [-0.2, 0) is 0 Å². The molecule has 0 bridgehead atoms. The second kappa shape index (κ2) is 4.14. The van der Waals surface area contributed by atoms with Crippen LogP contribution in [0.3, 0.4) is 0 Å². The number of hydrogen-bond acceptors (Lipinski definition) is 3. The summed E-state index contributed by atoms with van der Waals surface area (Å²) in [4.78, 5) is 3.22. The van der Waals surface area contributed by atoms with Gasteiger partial charge in [-0.05, 0) is 25.0 Å². The van der Waals surface area contributed by atoms with Crippen molar-refractivity contribution in [1.82, 2.24) is 0 Å². The molecule has 0 aliphatic rings. The lowest BCUT2D eigenvalue weighted by Crippen LogP contribution is -1.97. The van der Waals surface area contributed by atoms with Gasteiger partial charge in [0.15, 0.2) is 0 Å². The maximum atomic E-state index is 8.96. The SMILES string of the molecule is [C-]#[N+]c1c(C)c(C#N)c(C)c(C#N)c1C#N. The van der Waals surface area contributed by atoms with Crippen molar-refractivity contribution in [2.45, 2.75) is 13.8 Å². The van der Waals surface area contributed by atoms with Gasteiger partial charge in [-0.15, -0.1) is 0 Å². The van der Waals surface area contributed by atoms with Gasteiger partial charge >= 0.3 is 0 Å². The van der Waals surface area contributed by atoms with Crippen molar-refractivity contribution in [1.29, 1.82) is 15.8 Å². The zero-order valence-corrected chi connectivity index (χ0v) is 8.79. The highest BCUT2D eigenvalue weighted by Gasteiger charge is 2.19. The molecule has 0 heterocycles. The molecule has 0 saturated heterocycles. The molecule has 4 nitrogen and oxygen atoms in total. The van der Waals surface area contributed by atoms with E-state index in [1.807, 2.05) is 18.2 Å². The van der Waals surface area contributed by atoms with Crippen LogP contribution in [0.25, 0.3) is 4.85 Å². The summed E-state index contributed by atoms with van der Waals surface area (Å²) in [7, 11) is 0. The second-order valence-electron chi connectivity index (χ2n) is 3.17. The topological polar surface area (TPSA) is 75.7 Å². The molecule has 74 valence electrons. The summed E-state index contributed by atoms with van der Waals surface area (Å²) in [6.45, 7) is 10.2. The van der Waals surface area contributed by atoms with E-state index in [9.17, 15) is 0 Å². The monoisotopic (exact) mass is 206 g/mol. The molecule has 0 N–H and O–H groups in total. The minimum Gasteiger partial charge on any atom is -0.236 e. The highest BCUT2D eigenvalue weighted by molar-refractivity contribution is 5.74. The number of nitrogens with zero attached hydrogens (tertiary/aromatic N) is 4. The largest absolute Gasteiger partial charge is 0.236 e. The van der Waals surface area contributed by atoms with E-state index in [-0.39, 0.29) is 16.8 Å². The lowest BCUT2D eigenvalue weighted by molar-refractivity contribution is 1.28. The highest BCUT2D eigenvalue weighted by atomic mass is 14.7. The van der Waals surface area contributed by atoms with Gasteiger partial charge in [-0.25, -0.2) is 4.85 Å². The second-order valence-corrected chi connectivity index (χ2v) is 3.17. The number of rotatable bonds is 0. The summed E-state index contributed by atoms with van der Waals surface area (Å²) >= 11 is 0. The molecular weight excluding hydrogens is 200 g/mol. The normalized spacial score (nSPS) is 8.38. The predicted molar refractivity (Wildman–Crippen MR) is 56.3 cm³/mol.